The Morgan fingerprint density at radius 1 is 0.667 bits per heavy atom. The number of fused-ring (bicyclic) bond motifs is 3. The minimum atomic E-state index is 0. The second kappa shape index (κ2) is 17.7. The predicted octanol–water partition coefficient (Wildman–Crippen LogP) is 7.39. The van der Waals surface area contributed by atoms with E-state index in [1.807, 2.05) is 6.07 Å². The summed E-state index contributed by atoms with van der Waals surface area (Å²) >= 11 is 1.51. The first-order valence-corrected chi connectivity index (χ1v) is 19.7. The Balaban J connectivity index is 0.000000484. The topological polar surface area (TPSA) is 0 Å². The first-order chi connectivity index (χ1) is 22.2. The summed E-state index contributed by atoms with van der Waals surface area (Å²) in [5, 5.41) is 0. The quantitative estimate of drug-likeness (QED) is 0.186. The van der Waals surface area contributed by atoms with Gasteiger partial charge in [0, 0.05) is 0 Å². The van der Waals surface area contributed by atoms with Crippen LogP contribution in [0.15, 0.2) is 66.3 Å². The van der Waals surface area contributed by atoms with Crippen LogP contribution < -0.4 is 24.8 Å². The van der Waals surface area contributed by atoms with Crippen molar-refractivity contribution < 1.29 is 49.0 Å². The number of hydrogen-bond acceptors (Lipinski definition) is 0. The van der Waals surface area contributed by atoms with E-state index in [4.69, 9.17) is 0 Å². The third kappa shape index (κ3) is 12.5. The van der Waals surface area contributed by atoms with Gasteiger partial charge < -0.3 is 24.8 Å². The van der Waals surface area contributed by atoms with Crippen LogP contribution in [-0.4, -0.2) is 3.21 Å². The third-order valence-corrected chi connectivity index (χ3v) is 10.3. The first kappa shape index (κ1) is 47.5. The Morgan fingerprint density at radius 2 is 1.16 bits per heavy atom. The molecule has 3 aromatic carbocycles. The number of allylic oxidation sites excluding steroid dienone is 4. The summed E-state index contributed by atoms with van der Waals surface area (Å²) in [6.07, 6.45) is 10.0. The minimum absolute atomic E-state index is 0. The zero-order valence-electron chi connectivity index (χ0n) is 35.0. The Hall–Kier alpha value is -1.53. The van der Waals surface area contributed by atoms with Crippen LogP contribution in [0.3, 0.4) is 0 Å². The van der Waals surface area contributed by atoms with Gasteiger partial charge in [0.25, 0.3) is 0 Å². The van der Waals surface area contributed by atoms with E-state index in [1.54, 1.807) is 0 Å². The van der Waals surface area contributed by atoms with Gasteiger partial charge in [-0.25, -0.2) is 6.08 Å². The summed E-state index contributed by atoms with van der Waals surface area (Å²) in [5.41, 5.74) is 15.1. The molecule has 3 aromatic rings. The molecule has 3 heteroatoms. The molecule has 0 nitrogen and oxygen atoms in total. The van der Waals surface area contributed by atoms with E-state index in [0.29, 0.717) is 11.3 Å². The fraction of sp³-hybridized carbons (Fsp3) is 0.521. The number of rotatable bonds is 2. The molecule has 1 atom stereocenters. The summed E-state index contributed by atoms with van der Waals surface area (Å²) in [5.74, 6) is 0.573. The smallest absolute Gasteiger partial charge is 1.00 e. The van der Waals surface area contributed by atoms with Crippen molar-refractivity contribution in [1.82, 2.24) is 0 Å². The Morgan fingerprint density at radius 3 is 1.53 bits per heavy atom. The molecule has 0 saturated heterocycles. The van der Waals surface area contributed by atoms with Crippen molar-refractivity contribution in [2.24, 2.45) is 11.3 Å². The maximum Gasteiger partial charge on any atom is -1.00 e. The van der Waals surface area contributed by atoms with E-state index in [9.17, 15) is 0 Å². The van der Waals surface area contributed by atoms with Gasteiger partial charge in [0.05, 0.1) is 0 Å². The van der Waals surface area contributed by atoms with Crippen LogP contribution in [0.2, 0.25) is 0 Å². The SMILES string of the molecule is CC(C)(C)c1[c-]c2c(cc1C(C)(C)C)-c1cc(C(C)(C)C)c(C(C)(C)C)cc1C2.CCC1[C-]=CC(C(C)(C)C)=C1.C[C](=[Zr+2])c1ccccc1.[Cl-].[Cl-]. The number of halogens is 2. The van der Waals surface area contributed by atoms with Gasteiger partial charge in [-0.2, -0.15) is 29.3 Å². The van der Waals surface area contributed by atoms with E-state index in [1.165, 1.54) is 89.5 Å². The molecule has 2 aliphatic carbocycles. The molecule has 2 aliphatic rings. The van der Waals surface area contributed by atoms with E-state index >= 15 is 0 Å². The van der Waals surface area contributed by atoms with Crippen molar-refractivity contribution in [2.45, 2.75) is 152 Å². The van der Waals surface area contributed by atoms with Crippen LogP contribution in [0.25, 0.3) is 11.1 Å². The van der Waals surface area contributed by atoms with Crippen LogP contribution in [0.1, 0.15) is 163 Å². The summed E-state index contributed by atoms with van der Waals surface area (Å²) in [7, 11) is 0. The largest absolute Gasteiger partial charge is 1.00 e. The van der Waals surface area contributed by atoms with E-state index < -0.39 is 0 Å². The van der Waals surface area contributed by atoms with E-state index in [-0.39, 0.29) is 46.5 Å². The zero-order chi connectivity index (χ0) is 37.3. The average molecular weight is 805 g/mol. The summed E-state index contributed by atoms with van der Waals surface area (Å²) in [6.45, 7) is 39.1. The molecule has 0 spiro atoms. The van der Waals surface area contributed by atoms with Crippen LogP contribution >= 0.6 is 0 Å². The minimum Gasteiger partial charge on any atom is -1.00 e. The Labute approximate surface area is 341 Å². The first-order valence-electron chi connectivity index (χ1n) is 18.5. The van der Waals surface area contributed by atoms with Gasteiger partial charge in [0.15, 0.2) is 0 Å². The predicted molar refractivity (Wildman–Crippen MR) is 214 cm³/mol. The van der Waals surface area contributed by atoms with E-state index in [0.717, 1.165) is 6.42 Å². The number of benzene rings is 3. The van der Waals surface area contributed by atoms with Gasteiger partial charge in [-0.1, -0.05) is 152 Å². The summed E-state index contributed by atoms with van der Waals surface area (Å²) < 4.78 is 1.46. The summed E-state index contributed by atoms with van der Waals surface area (Å²) in [4.78, 5) is 0. The van der Waals surface area contributed by atoms with Crippen LogP contribution in [-0.2, 0) is 52.3 Å². The van der Waals surface area contributed by atoms with Gasteiger partial charge in [-0.3, -0.25) is 6.08 Å². The van der Waals surface area contributed by atoms with Crippen molar-refractivity contribution >= 4 is 3.21 Å². The van der Waals surface area contributed by atoms with Gasteiger partial charge >= 0.3 is 70.3 Å². The van der Waals surface area contributed by atoms with Crippen molar-refractivity contribution in [3.63, 3.8) is 0 Å². The maximum absolute atomic E-state index is 3.90. The van der Waals surface area contributed by atoms with Crippen molar-refractivity contribution in [2.75, 3.05) is 0 Å². The molecule has 1 unspecified atom stereocenters. The van der Waals surface area contributed by atoms with Crippen LogP contribution in [0, 0.1) is 23.5 Å². The third-order valence-electron chi connectivity index (χ3n) is 9.58. The van der Waals surface area contributed by atoms with Crippen LogP contribution in [0.4, 0.5) is 0 Å². The van der Waals surface area contributed by atoms with Gasteiger partial charge in [-0.05, 0) is 39.4 Å². The van der Waals surface area contributed by atoms with Crippen molar-refractivity contribution in [3.8, 4) is 11.1 Å². The molecule has 278 valence electrons. The normalized spacial score (nSPS) is 15.2. The molecule has 0 aliphatic heterocycles. The molecule has 51 heavy (non-hydrogen) atoms. The molecule has 5 rings (SSSR count). The second-order valence-electron chi connectivity index (χ2n) is 19.4. The molecular weight excluding hydrogens is 739 g/mol. The van der Waals surface area contributed by atoms with Gasteiger partial charge in [0.2, 0.25) is 0 Å². The summed E-state index contributed by atoms with van der Waals surface area (Å²) in [6, 6.07) is 21.9. The molecule has 0 bridgehead atoms. The molecule has 0 aromatic heterocycles. The molecule has 0 radical (unpaired) electrons. The molecular formula is C48H66Cl2Zr-2. The van der Waals surface area contributed by atoms with Crippen molar-refractivity contribution in [3.05, 3.63) is 117 Å². The van der Waals surface area contributed by atoms with Crippen LogP contribution in [0.5, 0.6) is 0 Å². The zero-order valence-corrected chi connectivity index (χ0v) is 39.0. The fourth-order valence-corrected chi connectivity index (χ4v) is 6.93. The average Bonchev–Trinajstić information content (AvgIpc) is 3.60. The Bertz CT molecular complexity index is 1610. The molecule has 0 amide bonds. The molecule has 0 N–H and O–H groups in total. The van der Waals surface area contributed by atoms with Crippen molar-refractivity contribution in [1.29, 1.82) is 0 Å². The molecule has 0 fully saturated rings. The maximum atomic E-state index is 3.90. The van der Waals surface area contributed by atoms with E-state index in [2.05, 4.69) is 184 Å². The second-order valence-corrected chi connectivity index (χ2v) is 21.2. The van der Waals surface area contributed by atoms with Gasteiger partial charge in [-0.15, -0.1) is 16.7 Å². The molecule has 0 saturated carbocycles. The number of hydrogen-bond donors (Lipinski definition) is 0. The monoisotopic (exact) mass is 802 g/mol. The molecule has 0 heterocycles. The standard InChI is InChI=1S/C29H41.C11H17.C8H8.2ClH.Zr/c1-26(2,3)22-14-18-13-19-15-23(27(4,5)6)25(29(10,11)12)17-21(19)20(18)16-24(22)28(7,8)9;1-5-9-6-7-10(8-9)11(2,3)4;1-2-8-6-4-3-5-7-8;;;/h14,16-17H,13H2,1-12H3;7-9H,5H2,1-4H3;3-7H,1H3;2*1H;/q2*-1;;;;+2/p-2. The fourth-order valence-electron chi connectivity index (χ4n) is 6.53. The van der Waals surface area contributed by atoms with Gasteiger partial charge in [0.1, 0.15) is 0 Å². The Kier molecular flexibility index (Phi) is 16.5.